The molecule has 3 aliphatic heterocycles. The molecule has 12 N–H and O–H groups in total. The zero-order valence-corrected chi connectivity index (χ0v) is 37.2. The van der Waals surface area contributed by atoms with Crippen molar-refractivity contribution in [3.63, 3.8) is 0 Å². The van der Waals surface area contributed by atoms with Crippen LogP contribution in [0.15, 0.2) is 85.1 Å². The molecule has 2 bridgehead atoms. The highest BCUT2D eigenvalue weighted by molar-refractivity contribution is 5.71. The summed E-state index contributed by atoms with van der Waals surface area (Å²) in [4.78, 5) is 25.1. The van der Waals surface area contributed by atoms with E-state index in [1.165, 1.54) is 0 Å². The van der Waals surface area contributed by atoms with E-state index in [9.17, 15) is 60.7 Å². The summed E-state index contributed by atoms with van der Waals surface area (Å²) < 4.78 is 23.5. The molecular formula is C47H73NO16. The van der Waals surface area contributed by atoms with Gasteiger partial charge in [-0.25, -0.2) is 0 Å². The van der Waals surface area contributed by atoms with Crippen molar-refractivity contribution in [1.29, 1.82) is 0 Å². The summed E-state index contributed by atoms with van der Waals surface area (Å²) >= 11 is 0. The van der Waals surface area contributed by atoms with Crippen molar-refractivity contribution in [2.45, 2.75) is 177 Å². The fraction of sp³-hybridized carbons (Fsp3) is 0.660. The predicted molar refractivity (Wildman–Crippen MR) is 236 cm³/mol. The topological polar surface area (TPSA) is 299 Å². The first kappa shape index (κ1) is 54.9. The lowest BCUT2D eigenvalue weighted by Gasteiger charge is -2.42. The van der Waals surface area contributed by atoms with Gasteiger partial charge in [0.15, 0.2) is 6.29 Å². The number of hydrogen-bond acceptors (Lipinski definition) is 16. The number of allylic oxidation sites excluding steroid dienone is 12. The Morgan fingerprint density at radius 1 is 0.609 bits per heavy atom. The molecule has 3 aliphatic rings. The van der Waals surface area contributed by atoms with Crippen LogP contribution >= 0.6 is 0 Å². The van der Waals surface area contributed by atoms with Crippen LogP contribution in [0.5, 0.6) is 0 Å². The van der Waals surface area contributed by atoms with Gasteiger partial charge in [0.05, 0.1) is 85.7 Å². The van der Waals surface area contributed by atoms with Crippen LogP contribution in [0.25, 0.3) is 0 Å². The maximum atomic E-state index is 12.6. The van der Waals surface area contributed by atoms with Crippen molar-refractivity contribution in [2.75, 3.05) is 0 Å². The van der Waals surface area contributed by atoms with Gasteiger partial charge in [-0.2, -0.15) is 0 Å². The maximum absolute atomic E-state index is 12.6. The van der Waals surface area contributed by atoms with Gasteiger partial charge < -0.3 is 75.7 Å². The van der Waals surface area contributed by atoms with E-state index >= 15 is 0 Å². The molecule has 6 unspecified atom stereocenters. The normalized spacial score (nSPS) is 44.8. The second-order valence-electron chi connectivity index (χ2n) is 17.3. The standard InChI is InChI=1S/C47H73NO16/c1-27-17-15-13-11-9-7-5-6-8-10-12-14-16-18-34(64-47-45(58)42(48)44(57)30(4)62-47)26-39-41(46(59)60)38(54)25-35(63-39)22-33(51)23-37(53)36(52)20-19-31(49)21-32(50)24-40(55)61-29(3)28(2)43(27)56/h5-18,27-39,41-45,47,49-54,56-58H,19-26,48H2,1-4H3,(H,59,60)/b6-5+,9-7+,10-8+,13-11+,14-12+,17-15+,18-16+/t27-,28-,29-,30?,31+,32+,33+,34-,35+,36+,37+,38-,39-,41?,42?,43+,44?,45?,47?/m0/s1. The number of aliphatic carboxylic acids is 1. The van der Waals surface area contributed by atoms with E-state index in [1.54, 1.807) is 63.3 Å². The number of carbonyl (C=O) groups is 2. The summed E-state index contributed by atoms with van der Waals surface area (Å²) in [5, 5.41) is 107. The van der Waals surface area contributed by atoms with E-state index in [2.05, 4.69) is 0 Å². The summed E-state index contributed by atoms with van der Waals surface area (Å²) in [5.41, 5.74) is 6.03. The Bertz CT molecular complexity index is 1610. The van der Waals surface area contributed by atoms with Crippen molar-refractivity contribution < 1.29 is 79.6 Å². The Balaban J connectivity index is 1.83. The van der Waals surface area contributed by atoms with Crippen LogP contribution in [0, 0.1) is 17.8 Å². The Labute approximate surface area is 376 Å². The molecule has 3 rings (SSSR count). The van der Waals surface area contributed by atoms with Crippen molar-refractivity contribution in [1.82, 2.24) is 0 Å². The first-order chi connectivity index (χ1) is 30.3. The zero-order chi connectivity index (χ0) is 47.5. The maximum Gasteiger partial charge on any atom is 0.311 e. The third kappa shape index (κ3) is 18.5. The Morgan fingerprint density at radius 2 is 1.19 bits per heavy atom. The largest absolute Gasteiger partial charge is 0.481 e. The number of carbonyl (C=O) groups excluding carboxylic acids is 1. The van der Waals surface area contributed by atoms with E-state index in [4.69, 9.17) is 24.7 Å². The van der Waals surface area contributed by atoms with Crippen molar-refractivity contribution in [3.05, 3.63) is 85.1 Å². The fourth-order valence-electron chi connectivity index (χ4n) is 7.89. The Kier molecular flexibility index (Phi) is 24.0. The van der Waals surface area contributed by atoms with Gasteiger partial charge in [-0.3, -0.25) is 9.59 Å². The van der Waals surface area contributed by atoms with Crippen LogP contribution in [0.1, 0.15) is 79.1 Å². The number of carboxylic acids is 1. The minimum absolute atomic E-state index is 0.0529. The number of ether oxygens (including phenoxy) is 4. The molecule has 2 saturated heterocycles. The van der Waals surface area contributed by atoms with Crippen LogP contribution in [-0.2, 0) is 28.5 Å². The highest BCUT2D eigenvalue weighted by Gasteiger charge is 2.46. The third-order valence-electron chi connectivity index (χ3n) is 12.0. The number of rotatable bonds is 3. The Morgan fingerprint density at radius 3 is 1.78 bits per heavy atom. The second kappa shape index (κ2) is 27.9. The van der Waals surface area contributed by atoms with Crippen molar-refractivity contribution >= 4 is 11.9 Å². The molecule has 2 fully saturated rings. The molecule has 0 aromatic carbocycles. The highest BCUT2D eigenvalue weighted by Crippen LogP contribution is 2.33. The molecule has 362 valence electrons. The number of fused-ring (bicyclic) bond motifs is 2. The predicted octanol–water partition coefficient (Wildman–Crippen LogP) is 1.39. The first-order valence-electron chi connectivity index (χ1n) is 22.2. The minimum atomic E-state index is -1.45. The molecule has 0 spiro atoms. The summed E-state index contributed by atoms with van der Waals surface area (Å²) in [5.74, 6) is -4.15. The molecule has 0 saturated carbocycles. The van der Waals surface area contributed by atoms with E-state index in [1.807, 2.05) is 49.5 Å². The van der Waals surface area contributed by atoms with Gasteiger partial charge in [-0.15, -0.1) is 0 Å². The quantitative estimate of drug-likeness (QED) is 0.178. The van der Waals surface area contributed by atoms with Crippen molar-refractivity contribution in [2.24, 2.45) is 23.5 Å². The van der Waals surface area contributed by atoms with Crippen LogP contribution in [0.4, 0.5) is 0 Å². The molecular weight excluding hydrogens is 835 g/mol. The first-order valence-corrected chi connectivity index (χ1v) is 22.2. The molecule has 0 amide bonds. The lowest BCUT2D eigenvalue weighted by atomic mass is 9.84. The van der Waals surface area contributed by atoms with Crippen LogP contribution in [0.3, 0.4) is 0 Å². The Hall–Kier alpha value is -3.40. The van der Waals surface area contributed by atoms with Crippen LogP contribution in [0.2, 0.25) is 0 Å². The lowest BCUT2D eigenvalue weighted by molar-refractivity contribution is -0.279. The van der Waals surface area contributed by atoms with Crippen molar-refractivity contribution in [3.8, 4) is 0 Å². The molecule has 0 aliphatic carbocycles. The molecule has 17 nitrogen and oxygen atoms in total. The van der Waals surface area contributed by atoms with Gasteiger partial charge >= 0.3 is 11.9 Å². The molecule has 17 heteroatoms. The molecule has 0 aromatic rings. The summed E-state index contributed by atoms with van der Waals surface area (Å²) in [6.07, 6.45) is 5.99. The number of esters is 1. The van der Waals surface area contributed by atoms with Gasteiger partial charge in [0.1, 0.15) is 18.1 Å². The SMILES string of the molecule is CC1OC(O[C@H]2/C=C/C=C/C=C/C=C/C=C/C=C/C=C/[C@H](C)[C@@H](O)[C@@H](C)[C@H](C)OC(=O)C[C@H](O)C[C@H](O)CC[C@@H](O)[C@H](O)C[C@H](O)C[C@@H]3C[C@H](O)C(C(=O)O)[C@H](C2)O3)C(O)C(N)C1O. The number of hydrogen-bond donors (Lipinski definition) is 11. The van der Waals surface area contributed by atoms with Crippen LogP contribution in [-0.4, -0.2) is 161 Å². The van der Waals surface area contributed by atoms with Gasteiger partial charge in [0, 0.05) is 31.1 Å². The molecule has 64 heavy (non-hydrogen) atoms. The zero-order valence-electron chi connectivity index (χ0n) is 37.2. The smallest absolute Gasteiger partial charge is 0.311 e. The highest BCUT2D eigenvalue weighted by atomic mass is 16.7. The molecule has 3 heterocycles. The summed E-state index contributed by atoms with van der Waals surface area (Å²) in [6, 6.07) is -1.10. The van der Waals surface area contributed by atoms with Gasteiger partial charge in [-0.05, 0) is 39.5 Å². The number of cyclic esters (lactones) is 1. The third-order valence-corrected chi connectivity index (χ3v) is 12.0. The molecule has 0 aromatic heterocycles. The van der Waals surface area contributed by atoms with E-state index in [-0.39, 0.29) is 50.9 Å². The van der Waals surface area contributed by atoms with E-state index < -0.39 is 128 Å². The van der Waals surface area contributed by atoms with Gasteiger partial charge in [-0.1, -0.05) is 98.9 Å². The van der Waals surface area contributed by atoms with Crippen LogP contribution < -0.4 is 5.73 Å². The van der Waals surface area contributed by atoms with Gasteiger partial charge in [0.2, 0.25) is 0 Å². The molecule has 0 radical (unpaired) electrons. The minimum Gasteiger partial charge on any atom is -0.481 e. The van der Waals surface area contributed by atoms with E-state index in [0.717, 1.165) is 0 Å². The second-order valence-corrected chi connectivity index (χ2v) is 17.3. The number of nitrogens with two attached hydrogens (primary N) is 1. The van der Waals surface area contributed by atoms with E-state index in [0.29, 0.717) is 0 Å². The average molecular weight is 908 g/mol. The van der Waals surface area contributed by atoms with Gasteiger partial charge in [0.25, 0.3) is 0 Å². The molecule has 19 atom stereocenters. The average Bonchev–Trinajstić information content (AvgIpc) is 3.22. The fourth-order valence-corrected chi connectivity index (χ4v) is 7.89. The number of aliphatic hydroxyl groups is 9. The lowest BCUT2D eigenvalue weighted by Crippen LogP contribution is -2.61. The summed E-state index contributed by atoms with van der Waals surface area (Å²) in [7, 11) is 0. The number of aliphatic hydroxyl groups excluding tert-OH is 9. The monoisotopic (exact) mass is 907 g/mol. The number of carboxylic acid groups (broad SMARTS) is 1. The summed E-state index contributed by atoms with van der Waals surface area (Å²) in [6.45, 7) is 6.81.